The number of nitrogens with zero attached hydrogens (tertiary/aromatic N) is 3. The number of hydrogen-bond donors (Lipinski definition) is 1. The molecule has 4 aromatic rings. The largest absolute Gasteiger partial charge is 0.320 e. The fourth-order valence-electron chi connectivity index (χ4n) is 3.23. The first-order valence-corrected chi connectivity index (χ1v) is 9.05. The quantitative estimate of drug-likeness (QED) is 0.567. The smallest absolute Gasteiger partial charge is 0.259 e. The summed E-state index contributed by atoms with van der Waals surface area (Å²) in [5, 5.41) is 8.47. The lowest BCUT2D eigenvalue weighted by molar-refractivity contribution is 0.102. The Hall–Kier alpha value is -3.47. The van der Waals surface area contributed by atoms with Gasteiger partial charge in [-0.05, 0) is 30.7 Å². The summed E-state index contributed by atoms with van der Waals surface area (Å²) in [5.41, 5.74) is 3.93. The Morgan fingerprint density at radius 1 is 1.04 bits per heavy atom. The van der Waals surface area contributed by atoms with Gasteiger partial charge in [0.25, 0.3) is 5.91 Å². The molecule has 1 N–H and O–H groups in total. The lowest BCUT2D eigenvalue weighted by Gasteiger charge is -2.10. The molecule has 2 aromatic heterocycles. The predicted molar refractivity (Wildman–Crippen MR) is 107 cm³/mol. The molecule has 1 amide bonds. The zero-order valence-electron chi connectivity index (χ0n) is 15.1. The maximum Gasteiger partial charge on any atom is 0.259 e. The first-order valence-electron chi connectivity index (χ1n) is 9.05. The first-order chi connectivity index (χ1) is 13.3. The number of hydrogen-bond acceptors (Lipinski definition) is 3. The number of rotatable bonds is 5. The van der Waals surface area contributed by atoms with Gasteiger partial charge in [-0.3, -0.25) is 9.78 Å². The van der Waals surface area contributed by atoms with Gasteiger partial charge in [-0.15, -0.1) is 0 Å². The minimum absolute atomic E-state index is 0.168. The molecule has 0 fully saturated rings. The van der Waals surface area contributed by atoms with Crippen molar-refractivity contribution in [2.24, 2.45) is 0 Å². The SMILES string of the molecule is CCCc1c(C(=O)Nc2cccc3cccnc23)cnn1-c1ccccc1. The molecule has 5 heteroatoms. The number of carbonyl (C=O) groups excluding carboxylic acids is 1. The summed E-state index contributed by atoms with van der Waals surface area (Å²) in [6.45, 7) is 2.10. The highest BCUT2D eigenvalue weighted by atomic mass is 16.1. The number of carbonyl (C=O) groups is 1. The van der Waals surface area contributed by atoms with Gasteiger partial charge in [0.15, 0.2) is 0 Å². The van der Waals surface area contributed by atoms with Crippen molar-refractivity contribution in [3.05, 3.63) is 84.3 Å². The van der Waals surface area contributed by atoms with E-state index < -0.39 is 0 Å². The van der Waals surface area contributed by atoms with E-state index in [0.717, 1.165) is 35.1 Å². The van der Waals surface area contributed by atoms with Crippen LogP contribution in [-0.2, 0) is 6.42 Å². The Bertz CT molecular complexity index is 1080. The van der Waals surface area contributed by atoms with Crippen molar-refractivity contribution in [1.82, 2.24) is 14.8 Å². The maximum atomic E-state index is 13.0. The normalized spacial score (nSPS) is 10.9. The Morgan fingerprint density at radius 2 is 1.85 bits per heavy atom. The van der Waals surface area contributed by atoms with E-state index in [4.69, 9.17) is 0 Å². The monoisotopic (exact) mass is 356 g/mol. The molecule has 4 rings (SSSR count). The highest BCUT2D eigenvalue weighted by molar-refractivity contribution is 6.08. The highest BCUT2D eigenvalue weighted by Gasteiger charge is 2.18. The molecule has 0 spiro atoms. The molecule has 0 unspecified atom stereocenters. The van der Waals surface area contributed by atoms with Crippen LogP contribution in [-0.4, -0.2) is 20.7 Å². The van der Waals surface area contributed by atoms with Gasteiger partial charge >= 0.3 is 0 Å². The van der Waals surface area contributed by atoms with Crippen LogP contribution in [0.3, 0.4) is 0 Å². The molecule has 0 atom stereocenters. The molecule has 2 heterocycles. The van der Waals surface area contributed by atoms with Crippen LogP contribution in [0.15, 0.2) is 73.1 Å². The van der Waals surface area contributed by atoms with Crippen LogP contribution >= 0.6 is 0 Å². The van der Waals surface area contributed by atoms with Crippen LogP contribution in [0.4, 0.5) is 5.69 Å². The van der Waals surface area contributed by atoms with Crippen molar-refractivity contribution >= 4 is 22.5 Å². The molecule has 0 bridgehead atoms. The molecule has 134 valence electrons. The lowest BCUT2D eigenvalue weighted by Crippen LogP contribution is -2.15. The number of pyridine rings is 1. The average molecular weight is 356 g/mol. The van der Waals surface area contributed by atoms with Gasteiger partial charge in [0.05, 0.1) is 34.3 Å². The fraction of sp³-hybridized carbons (Fsp3) is 0.136. The predicted octanol–water partition coefficient (Wildman–Crippen LogP) is 4.63. The second-order valence-corrected chi connectivity index (χ2v) is 6.34. The van der Waals surface area contributed by atoms with Gasteiger partial charge in [-0.1, -0.05) is 49.7 Å². The molecule has 0 saturated carbocycles. The molecular formula is C22H20N4O. The number of amides is 1. The number of fused-ring (bicyclic) bond motifs is 1. The number of benzene rings is 2. The zero-order chi connectivity index (χ0) is 18.6. The Labute approximate surface area is 157 Å². The van der Waals surface area contributed by atoms with E-state index in [0.29, 0.717) is 11.3 Å². The first kappa shape index (κ1) is 17.0. The van der Waals surface area contributed by atoms with E-state index in [2.05, 4.69) is 22.3 Å². The molecule has 0 radical (unpaired) electrons. The van der Waals surface area contributed by atoms with Gasteiger partial charge in [0, 0.05) is 11.6 Å². The zero-order valence-corrected chi connectivity index (χ0v) is 15.1. The minimum atomic E-state index is -0.168. The van der Waals surface area contributed by atoms with Crippen molar-refractivity contribution in [1.29, 1.82) is 0 Å². The number of nitrogens with one attached hydrogen (secondary N) is 1. The second-order valence-electron chi connectivity index (χ2n) is 6.34. The Kier molecular flexibility index (Phi) is 4.66. The van der Waals surface area contributed by atoms with E-state index in [1.165, 1.54) is 0 Å². The van der Waals surface area contributed by atoms with E-state index in [1.54, 1.807) is 12.4 Å². The van der Waals surface area contributed by atoms with E-state index in [1.807, 2.05) is 65.3 Å². The van der Waals surface area contributed by atoms with Crippen molar-refractivity contribution < 1.29 is 4.79 Å². The summed E-state index contributed by atoms with van der Waals surface area (Å²) in [5.74, 6) is -0.168. The van der Waals surface area contributed by atoms with E-state index >= 15 is 0 Å². The van der Waals surface area contributed by atoms with Crippen LogP contribution in [0.2, 0.25) is 0 Å². The van der Waals surface area contributed by atoms with E-state index in [9.17, 15) is 4.79 Å². The second kappa shape index (κ2) is 7.41. The summed E-state index contributed by atoms with van der Waals surface area (Å²) >= 11 is 0. The molecule has 0 aliphatic carbocycles. The van der Waals surface area contributed by atoms with Gasteiger partial charge in [-0.2, -0.15) is 5.10 Å². The molecular weight excluding hydrogens is 336 g/mol. The molecule has 0 saturated heterocycles. The standard InChI is InChI=1S/C22H20N4O/c1-2-8-20-18(15-24-26(20)17-11-4-3-5-12-17)22(27)25-19-13-6-9-16-10-7-14-23-21(16)19/h3-7,9-15H,2,8H2,1H3,(H,25,27). The van der Waals surface area contributed by atoms with Crippen LogP contribution < -0.4 is 5.32 Å². The van der Waals surface area contributed by atoms with Gasteiger partial charge < -0.3 is 5.32 Å². The molecule has 27 heavy (non-hydrogen) atoms. The van der Waals surface area contributed by atoms with Crippen molar-refractivity contribution in [2.45, 2.75) is 19.8 Å². The third-order valence-electron chi connectivity index (χ3n) is 4.48. The third kappa shape index (κ3) is 3.31. The van der Waals surface area contributed by atoms with Crippen LogP contribution in [0.5, 0.6) is 0 Å². The fourth-order valence-corrected chi connectivity index (χ4v) is 3.23. The maximum absolute atomic E-state index is 13.0. The number of para-hydroxylation sites is 2. The summed E-state index contributed by atoms with van der Waals surface area (Å²) in [6.07, 6.45) is 5.07. The minimum Gasteiger partial charge on any atom is -0.320 e. The van der Waals surface area contributed by atoms with Gasteiger partial charge in [0.2, 0.25) is 0 Å². The summed E-state index contributed by atoms with van der Waals surface area (Å²) in [7, 11) is 0. The third-order valence-corrected chi connectivity index (χ3v) is 4.48. The number of anilines is 1. The molecule has 0 aliphatic rings. The molecule has 0 aliphatic heterocycles. The summed E-state index contributed by atoms with van der Waals surface area (Å²) in [6, 6.07) is 19.5. The lowest BCUT2D eigenvalue weighted by atomic mass is 10.1. The van der Waals surface area contributed by atoms with Crippen molar-refractivity contribution in [2.75, 3.05) is 5.32 Å². The number of aromatic nitrogens is 3. The van der Waals surface area contributed by atoms with Gasteiger partial charge in [-0.25, -0.2) is 4.68 Å². The van der Waals surface area contributed by atoms with Crippen LogP contribution in [0.1, 0.15) is 29.4 Å². The van der Waals surface area contributed by atoms with Crippen LogP contribution in [0, 0.1) is 0 Å². The summed E-state index contributed by atoms with van der Waals surface area (Å²) in [4.78, 5) is 17.4. The van der Waals surface area contributed by atoms with Crippen molar-refractivity contribution in [3.63, 3.8) is 0 Å². The average Bonchev–Trinajstić information content (AvgIpc) is 3.13. The van der Waals surface area contributed by atoms with Gasteiger partial charge in [0.1, 0.15) is 0 Å². The van der Waals surface area contributed by atoms with E-state index in [-0.39, 0.29) is 5.91 Å². The van der Waals surface area contributed by atoms with Crippen LogP contribution in [0.25, 0.3) is 16.6 Å². The van der Waals surface area contributed by atoms with Crippen molar-refractivity contribution in [3.8, 4) is 5.69 Å². The Morgan fingerprint density at radius 3 is 2.67 bits per heavy atom. The molecule has 2 aromatic carbocycles. The Balaban J connectivity index is 1.70. The highest BCUT2D eigenvalue weighted by Crippen LogP contribution is 2.23. The molecule has 5 nitrogen and oxygen atoms in total. The topological polar surface area (TPSA) is 59.8 Å². The summed E-state index contributed by atoms with van der Waals surface area (Å²) < 4.78 is 1.85.